The monoisotopic (exact) mass is 246 g/mol. The molecule has 1 atom stereocenters. The van der Waals surface area contributed by atoms with Crippen LogP contribution in [0.15, 0.2) is 24.3 Å². The number of benzene rings is 1. The van der Waals surface area contributed by atoms with Gasteiger partial charge in [0.25, 0.3) is 0 Å². The number of piperidine rings is 1. The van der Waals surface area contributed by atoms with Crippen molar-refractivity contribution in [3.8, 4) is 5.75 Å². The number of likely N-dealkylation sites (N-methyl/N-ethyl adjacent to an activating group) is 1. The van der Waals surface area contributed by atoms with Gasteiger partial charge in [-0.05, 0) is 57.0 Å². The van der Waals surface area contributed by atoms with Crippen LogP contribution >= 0.6 is 0 Å². The van der Waals surface area contributed by atoms with E-state index in [0.717, 1.165) is 31.6 Å². The van der Waals surface area contributed by atoms with Gasteiger partial charge < -0.3 is 15.4 Å². The van der Waals surface area contributed by atoms with Gasteiger partial charge in [0.2, 0.25) is 0 Å². The topological polar surface area (TPSA) is 38.5 Å². The van der Waals surface area contributed by atoms with Crippen LogP contribution in [0.3, 0.4) is 0 Å². The number of nitrogens with two attached hydrogens (primary N) is 1. The Morgan fingerprint density at radius 2 is 2.22 bits per heavy atom. The smallest absolute Gasteiger partial charge is 0.120 e. The van der Waals surface area contributed by atoms with Gasteiger partial charge in [-0.2, -0.15) is 0 Å². The highest BCUT2D eigenvalue weighted by Gasteiger charge is 2.40. The number of likely N-dealkylation sites (tertiary alicyclic amines) is 1. The second-order valence-corrected chi connectivity index (χ2v) is 5.83. The molecule has 18 heavy (non-hydrogen) atoms. The molecule has 1 heterocycles. The number of hydrogen-bond acceptors (Lipinski definition) is 3. The first-order valence-corrected chi connectivity index (χ1v) is 6.90. The van der Waals surface area contributed by atoms with Gasteiger partial charge in [-0.3, -0.25) is 0 Å². The molecule has 2 N–H and O–H groups in total. The lowest BCUT2D eigenvalue weighted by atomic mass is 10.1. The molecule has 1 saturated carbocycles. The molecule has 1 aliphatic heterocycles. The average Bonchev–Trinajstić information content (AvgIpc) is 3.09. The summed E-state index contributed by atoms with van der Waals surface area (Å²) in [6.07, 6.45) is 4.90. The summed E-state index contributed by atoms with van der Waals surface area (Å²) >= 11 is 0. The molecule has 1 aromatic carbocycles. The van der Waals surface area contributed by atoms with Crippen molar-refractivity contribution < 1.29 is 4.74 Å². The third-order valence-corrected chi connectivity index (χ3v) is 4.08. The van der Waals surface area contributed by atoms with Crippen LogP contribution in [0.5, 0.6) is 5.75 Å². The molecule has 0 amide bonds. The molecule has 2 fully saturated rings. The van der Waals surface area contributed by atoms with E-state index in [0.29, 0.717) is 6.10 Å². The summed E-state index contributed by atoms with van der Waals surface area (Å²) in [5, 5.41) is 0. The molecule has 0 radical (unpaired) electrons. The van der Waals surface area contributed by atoms with Gasteiger partial charge >= 0.3 is 0 Å². The minimum Gasteiger partial charge on any atom is -0.489 e. The minimum absolute atomic E-state index is 0.0667. The van der Waals surface area contributed by atoms with E-state index in [1.54, 1.807) is 0 Å². The van der Waals surface area contributed by atoms with Gasteiger partial charge in [-0.25, -0.2) is 0 Å². The fourth-order valence-electron chi connectivity index (χ4n) is 2.71. The molecule has 0 aromatic heterocycles. The lowest BCUT2D eigenvalue weighted by Crippen LogP contribution is -2.38. The van der Waals surface area contributed by atoms with Crippen LogP contribution in [0.25, 0.3) is 0 Å². The number of ether oxygens (including phenoxy) is 1. The first-order valence-electron chi connectivity index (χ1n) is 6.90. The molecule has 3 heteroatoms. The van der Waals surface area contributed by atoms with Crippen LogP contribution in [0.2, 0.25) is 0 Å². The first-order chi connectivity index (χ1) is 8.66. The fourth-order valence-corrected chi connectivity index (χ4v) is 2.71. The second kappa shape index (κ2) is 4.56. The summed E-state index contributed by atoms with van der Waals surface area (Å²) in [7, 11) is 2.16. The number of hydrogen-bond donors (Lipinski definition) is 1. The summed E-state index contributed by atoms with van der Waals surface area (Å²) in [5.74, 6) is 0.976. The lowest BCUT2D eigenvalue weighted by Gasteiger charge is -2.30. The molecule has 3 rings (SSSR count). The Morgan fingerprint density at radius 3 is 2.94 bits per heavy atom. The van der Waals surface area contributed by atoms with E-state index in [1.165, 1.54) is 18.5 Å². The lowest BCUT2D eigenvalue weighted by molar-refractivity contribution is 0.104. The van der Waals surface area contributed by atoms with E-state index >= 15 is 0 Å². The number of rotatable bonds is 3. The maximum absolute atomic E-state index is 6.23. The second-order valence-electron chi connectivity index (χ2n) is 5.83. The van der Waals surface area contributed by atoms with Crippen molar-refractivity contribution in [1.29, 1.82) is 0 Å². The fraction of sp³-hybridized carbons (Fsp3) is 0.600. The summed E-state index contributed by atoms with van der Waals surface area (Å²) < 4.78 is 6.09. The summed E-state index contributed by atoms with van der Waals surface area (Å²) in [4.78, 5) is 2.34. The van der Waals surface area contributed by atoms with Gasteiger partial charge in [0.15, 0.2) is 0 Å². The van der Waals surface area contributed by atoms with Crippen LogP contribution in [0.4, 0.5) is 0 Å². The van der Waals surface area contributed by atoms with Crippen LogP contribution in [-0.4, -0.2) is 31.1 Å². The Bertz CT molecular complexity index is 428. The molecule has 1 aromatic rings. The minimum atomic E-state index is -0.0667. The predicted octanol–water partition coefficient (Wildman–Crippen LogP) is 2.11. The van der Waals surface area contributed by atoms with Crippen molar-refractivity contribution in [2.45, 2.75) is 37.3 Å². The molecule has 0 spiro atoms. The maximum Gasteiger partial charge on any atom is 0.120 e. The van der Waals surface area contributed by atoms with Gasteiger partial charge in [-0.15, -0.1) is 0 Å². The van der Waals surface area contributed by atoms with E-state index in [1.807, 2.05) is 6.07 Å². The van der Waals surface area contributed by atoms with Gasteiger partial charge in [0.1, 0.15) is 11.9 Å². The molecular weight excluding hydrogens is 224 g/mol. The highest BCUT2D eigenvalue weighted by Crippen LogP contribution is 2.43. The Hall–Kier alpha value is -1.06. The van der Waals surface area contributed by atoms with E-state index in [2.05, 4.69) is 30.1 Å². The largest absolute Gasteiger partial charge is 0.489 e. The average molecular weight is 246 g/mol. The third-order valence-electron chi connectivity index (χ3n) is 4.08. The van der Waals surface area contributed by atoms with Crippen LogP contribution in [0, 0.1) is 0 Å². The summed E-state index contributed by atoms with van der Waals surface area (Å²) in [6.45, 7) is 2.21. The SMILES string of the molecule is CN1CCCC(Oc2cccc(C3(N)CC3)c2)C1. The standard InChI is InChI=1S/C15H22N2O/c1-17-9-3-6-14(11-17)18-13-5-2-4-12(10-13)15(16)7-8-15/h2,4-5,10,14H,3,6-9,11,16H2,1H3. The highest BCUT2D eigenvalue weighted by atomic mass is 16.5. The van der Waals surface area contributed by atoms with Crippen molar-refractivity contribution >= 4 is 0 Å². The maximum atomic E-state index is 6.23. The zero-order chi connectivity index (χ0) is 12.6. The molecule has 1 saturated heterocycles. The molecular formula is C15H22N2O. The molecule has 2 aliphatic rings. The van der Waals surface area contributed by atoms with Crippen LogP contribution in [0.1, 0.15) is 31.2 Å². The van der Waals surface area contributed by atoms with Gasteiger partial charge in [-0.1, -0.05) is 12.1 Å². The quantitative estimate of drug-likeness (QED) is 0.887. The zero-order valence-corrected chi connectivity index (χ0v) is 11.1. The third kappa shape index (κ3) is 2.52. The molecule has 0 bridgehead atoms. The molecule has 3 nitrogen and oxygen atoms in total. The van der Waals surface area contributed by atoms with Crippen molar-refractivity contribution in [2.24, 2.45) is 5.73 Å². The summed E-state index contributed by atoms with van der Waals surface area (Å²) in [6, 6.07) is 8.35. The zero-order valence-electron chi connectivity index (χ0n) is 11.1. The first kappa shape index (κ1) is 12.0. The van der Waals surface area contributed by atoms with Crippen molar-refractivity contribution in [3.63, 3.8) is 0 Å². The predicted molar refractivity (Wildman–Crippen MR) is 72.7 cm³/mol. The molecule has 98 valence electrons. The Kier molecular flexibility index (Phi) is 3.04. The highest BCUT2D eigenvalue weighted by molar-refractivity contribution is 5.36. The van der Waals surface area contributed by atoms with Crippen LogP contribution < -0.4 is 10.5 Å². The van der Waals surface area contributed by atoms with Crippen molar-refractivity contribution in [1.82, 2.24) is 4.90 Å². The normalized spacial score (nSPS) is 26.9. The van der Waals surface area contributed by atoms with E-state index in [4.69, 9.17) is 10.5 Å². The number of nitrogens with zero attached hydrogens (tertiary/aromatic N) is 1. The van der Waals surface area contributed by atoms with E-state index in [-0.39, 0.29) is 5.54 Å². The van der Waals surface area contributed by atoms with Crippen LogP contribution in [-0.2, 0) is 5.54 Å². The molecule has 1 unspecified atom stereocenters. The van der Waals surface area contributed by atoms with E-state index < -0.39 is 0 Å². The summed E-state index contributed by atoms with van der Waals surface area (Å²) in [5.41, 5.74) is 7.39. The Balaban J connectivity index is 1.69. The van der Waals surface area contributed by atoms with E-state index in [9.17, 15) is 0 Å². The van der Waals surface area contributed by atoms with Crippen molar-refractivity contribution in [3.05, 3.63) is 29.8 Å². The molecule has 1 aliphatic carbocycles. The van der Waals surface area contributed by atoms with Crippen molar-refractivity contribution in [2.75, 3.05) is 20.1 Å². The van der Waals surface area contributed by atoms with Gasteiger partial charge in [0, 0.05) is 12.1 Å². The van der Waals surface area contributed by atoms with Gasteiger partial charge in [0.05, 0.1) is 0 Å². The Morgan fingerprint density at radius 1 is 1.39 bits per heavy atom. The Labute approximate surface area is 109 Å².